The van der Waals surface area contributed by atoms with Gasteiger partial charge in [-0.2, -0.15) is 0 Å². The van der Waals surface area contributed by atoms with E-state index in [1.165, 1.54) is 5.56 Å². The predicted octanol–water partition coefficient (Wildman–Crippen LogP) is 5.20. The van der Waals surface area contributed by atoms with Gasteiger partial charge >= 0.3 is 5.97 Å². The van der Waals surface area contributed by atoms with E-state index >= 15 is 0 Å². The van der Waals surface area contributed by atoms with Crippen LogP contribution in [0.3, 0.4) is 0 Å². The van der Waals surface area contributed by atoms with Crippen LogP contribution in [0, 0.1) is 20.8 Å². The highest BCUT2D eigenvalue weighted by Gasteiger charge is 2.21. The van der Waals surface area contributed by atoms with Crippen molar-refractivity contribution >= 4 is 27.8 Å². The number of aromatic nitrogens is 1. The number of hydrogen-bond donors (Lipinski definition) is 1. The van der Waals surface area contributed by atoms with Crippen LogP contribution in [0.4, 0.5) is 0 Å². The number of aryl methyl sites for hydroxylation is 3. The Morgan fingerprint density at radius 3 is 2.50 bits per heavy atom. The summed E-state index contributed by atoms with van der Waals surface area (Å²) in [6, 6.07) is 10.2. The standard InChI is InChI=1S/C22H19NO3/c1-12-4-6-15(7-5-12)20-14(3)21-16-8-9-26-18(16)11-23-22(21)13(2)17(20)10-19(24)25/h4-9,11H,10H2,1-3H3,(H,24,25). The Hall–Kier alpha value is -3.14. The molecule has 130 valence electrons. The third-order valence-corrected chi connectivity index (χ3v) is 5.04. The Bertz CT molecular complexity index is 1150. The zero-order valence-corrected chi connectivity index (χ0v) is 15.0. The van der Waals surface area contributed by atoms with Crippen LogP contribution in [0.15, 0.2) is 47.2 Å². The van der Waals surface area contributed by atoms with Crippen molar-refractivity contribution in [2.75, 3.05) is 0 Å². The molecule has 4 nitrogen and oxygen atoms in total. The molecule has 0 saturated carbocycles. The van der Waals surface area contributed by atoms with E-state index in [9.17, 15) is 9.90 Å². The van der Waals surface area contributed by atoms with E-state index in [2.05, 4.69) is 29.2 Å². The van der Waals surface area contributed by atoms with Crippen molar-refractivity contribution < 1.29 is 14.3 Å². The average molecular weight is 345 g/mol. The summed E-state index contributed by atoms with van der Waals surface area (Å²) in [7, 11) is 0. The van der Waals surface area contributed by atoms with Gasteiger partial charge in [0.2, 0.25) is 0 Å². The van der Waals surface area contributed by atoms with Gasteiger partial charge in [0.15, 0.2) is 5.58 Å². The SMILES string of the molecule is Cc1ccc(-c2c(CC(=O)O)c(C)c3ncc4occc4c3c2C)cc1. The highest BCUT2D eigenvalue weighted by atomic mass is 16.4. The van der Waals surface area contributed by atoms with Gasteiger partial charge in [-0.1, -0.05) is 29.8 Å². The molecule has 4 rings (SSSR count). The molecule has 0 spiro atoms. The number of hydrogen-bond acceptors (Lipinski definition) is 3. The van der Waals surface area contributed by atoms with Gasteiger partial charge in [-0.15, -0.1) is 0 Å². The molecule has 4 aromatic rings. The highest BCUT2D eigenvalue weighted by molar-refractivity contribution is 6.09. The minimum absolute atomic E-state index is 0.0308. The van der Waals surface area contributed by atoms with Crippen molar-refractivity contribution in [3.63, 3.8) is 0 Å². The summed E-state index contributed by atoms with van der Waals surface area (Å²) in [6.45, 7) is 6.03. The zero-order chi connectivity index (χ0) is 18.4. The smallest absolute Gasteiger partial charge is 0.307 e. The molecule has 2 aromatic carbocycles. The number of nitrogens with zero attached hydrogens (tertiary/aromatic N) is 1. The van der Waals surface area contributed by atoms with E-state index in [1.54, 1.807) is 12.5 Å². The van der Waals surface area contributed by atoms with Gasteiger partial charge in [0, 0.05) is 10.8 Å². The number of carboxylic acids is 1. The van der Waals surface area contributed by atoms with Crippen LogP contribution in [0.5, 0.6) is 0 Å². The molecule has 0 aliphatic heterocycles. The summed E-state index contributed by atoms with van der Waals surface area (Å²) in [4.78, 5) is 16.1. The van der Waals surface area contributed by atoms with Crippen LogP contribution in [-0.2, 0) is 11.2 Å². The van der Waals surface area contributed by atoms with E-state index in [0.717, 1.165) is 49.7 Å². The number of carbonyl (C=O) groups is 1. The third-order valence-electron chi connectivity index (χ3n) is 5.04. The monoisotopic (exact) mass is 345 g/mol. The van der Waals surface area contributed by atoms with Crippen LogP contribution in [0.2, 0.25) is 0 Å². The van der Waals surface area contributed by atoms with E-state index < -0.39 is 5.97 Å². The minimum atomic E-state index is -0.843. The second-order valence-electron chi connectivity index (χ2n) is 6.72. The lowest BCUT2D eigenvalue weighted by Crippen LogP contribution is -2.07. The molecule has 0 saturated heterocycles. The number of furan rings is 1. The van der Waals surface area contributed by atoms with Crippen LogP contribution < -0.4 is 0 Å². The first-order valence-electron chi connectivity index (χ1n) is 8.54. The fraction of sp³-hybridized carbons (Fsp3) is 0.182. The molecule has 2 heterocycles. The number of aliphatic carboxylic acids is 1. The van der Waals surface area contributed by atoms with Crippen molar-refractivity contribution in [3.05, 3.63) is 65.0 Å². The maximum atomic E-state index is 11.5. The number of fused-ring (bicyclic) bond motifs is 3. The molecule has 4 heteroatoms. The fourth-order valence-electron chi connectivity index (χ4n) is 3.77. The number of carboxylic acid groups (broad SMARTS) is 1. The van der Waals surface area contributed by atoms with Gasteiger partial charge < -0.3 is 9.52 Å². The normalized spacial score (nSPS) is 11.3. The molecule has 0 aliphatic rings. The molecule has 2 aromatic heterocycles. The van der Waals surface area contributed by atoms with Gasteiger partial charge in [-0.05, 0) is 54.7 Å². The van der Waals surface area contributed by atoms with E-state index in [-0.39, 0.29) is 6.42 Å². The van der Waals surface area contributed by atoms with Crippen molar-refractivity contribution in [3.8, 4) is 11.1 Å². The molecule has 0 unspecified atom stereocenters. The number of pyridine rings is 1. The second kappa shape index (κ2) is 5.99. The van der Waals surface area contributed by atoms with Crippen molar-refractivity contribution in [2.24, 2.45) is 0 Å². The lowest BCUT2D eigenvalue weighted by atomic mass is 9.86. The first kappa shape index (κ1) is 16.3. The maximum absolute atomic E-state index is 11.5. The Morgan fingerprint density at radius 2 is 1.81 bits per heavy atom. The lowest BCUT2D eigenvalue weighted by Gasteiger charge is -2.19. The van der Waals surface area contributed by atoms with Crippen molar-refractivity contribution in [2.45, 2.75) is 27.2 Å². The quantitative estimate of drug-likeness (QED) is 0.554. The number of rotatable bonds is 3. The molecular weight excluding hydrogens is 326 g/mol. The molecule has 0 radical (unpaired) electrons. The summed E-state index contributed by atoms with van der Waals surface area (Å²) in [5.41, 5.74) is 7.51. The molecule has 0 fully saturated rings. The first-order chi connectivity index (χ1) is 12.5. The van der Waals surface area contributed by atoms with Gasteiger partial charge in [-0.25, -0.2) is 0 Å². The summed E-state index contributed by atoms with van der Waals surface area (Å²) in [5, 5.41) is 11.5. The Balaban J connectivity index is 2.17. The molecule has 0 amide bonds. The molecule has 0 aliphatic carbocycles. The first-order valence-corrected chi connectivity index (χ1v) is 8.54. The lowest BCUT2D eigenvalue weighted by molar-refractivity contribution is -0.136. The molecular formula is C22H19NO3. The number of benzene rings is 2. The summed E-state index contributed by atoms with van der Waals surface area (Å²) < 4.78 is 5.52. The summed E-state index contributed by atoms with van der Waals surface area (Å²) in [6.07, 6.45) is 3.34. The van der Waals surface area contributed by atoms with Gasteiger partial charge in [0.25, 0.3) is 0 Å². The Kier molecular flexibility index (Phi) is 3.76. The van der Waals surface area contributed by atoms with Crippen molar-refractivity contribution in [1.82, 2.24) is 4.98 Å². The Morgan fingerprint density at radius 1 is 1.08 bits per heavy atom. The van der Waals surface area contributed by atoms with E-state index in [0.29, 0.717) is 0 Å². The van der Waals surface area contributed by atoms with Crippen LogP contribution >= 0.6 is 0 Å². The average Bonchev–Trinajstić information content (AvgIpc) is 3.08. The summed E-state index contributed by atoms with van der Waals surface area (Å²) in [5.74, 6) is -0.843. The van der Waals surface area contributed by atoms with Gasteiger partial charge in [0.05, 0.1) is 24.4 Å². The van der Waals surface area contributed by atoms with E-state index in [4.69, 9.17) is 4.42 Å². The van der Waals surface area contributed by atoms with Crippen LogP contribution in [0.25, 0.3) is 33.0 Å². The molecule has 1 N–H and O–H groups in total. The van der Waals surface area contributed by atoms with Gasteiger partial charge in [0.1, 0.15) is 0 Å². The van der Waals surface area contributed by atoms with Crippen LogP contribution in [-0.4, -0.2) is 16.1 Å². The predicted molar refractivity (Wildman–Crippen MR) is 103 cm³/mol. The maximum Gasteiger partial charge on any atom is 0.307 e. The molecule has 0 atom stereocenters. The van der Waals surface area contributed by atoms with E-state index in [1.807, 2.05) is 26.8 Å². The molecule has 26 heavy (non-hydrogen) atoms. The zero-order valence-electron chi connectivity index (χ0n) is 15.0. The Labute approximate surface area is 151 Å². The molecule has 0 bridgehead atoms. The van der Waals surface area contributed by atoms with Gasteiger partial charge in [-0.3, -0.25) is 9.78 Å². The second-order valence-corrected chi connectivity index (χ2v) is 6.72. The fourth-order valence-corrected chi connectivity index (χ4v) is 3.77. The highest BCUT2D eigenvalue weighted by Crippen LogP contribution is 2.39. The third kappa shape index (κ3) is 2.46. The summed E-state index contributed by atoms with van der Waals surface area (Å²) >= 11 is 0. The topological polar surface area (TPSA) is 63.3 Å². The van der Waals surface area contributed by atoms with Crippen LogP contribution in [0.1, 0.15) is 22.3 Å². The minimum Gasteiger partial charge on any atom is -0.481 e. The largest absolute Gasteiger partial charge is 0.481 e. The van der Waals surface area contributed by atoms with Crippen molar-refractivity contribution in [1.29, 1.82) is 0 Å².